The highest BCUT2D eigenvalue weighted by Crippen LogP contribution is 2.35. The molecule has 0 unspecified atom stereocenters. The predicted octanol–water partition coefficient (Wildman–Crippen LogP) is 5.00. The van der Waals surface area contributed by atoms with Gasteiger partial charge in [-0.3, -0.25) is 4.79 Å². The maximum Gasteiger partial charge on any atom is 0.417 e. The molecule has 118 valence electrons. The van der Waals surface area contributed by atoms with E-state index < -0.39 is 23.2 Å². The van der Waals surface area contributed by atoms with Gasteiger partial charge in [-0.2, -0.15) is 23.0 Å². The van der Waals surface area contributed by atoms with Gasteiger partial charge in [0.2, 0.25) is 0 Å². The van der Waals surface area contributed by atoms with Crippen molar-refractivity contribution in [3.8, 4) is 0 Å². The molecule has 0 saturated heterocycles. The Morgan fingerprint density at radius 2 is 1.83 bits per heavy atom. The Morgan fingerprint density at radius 1 is 1.13 bits per heavy atom. The summed E-state index contributed by atoms with van der Waals surface area (Å²) in [5, 5.41) is 4.48. The predicted molar refractivity (Wildman–Crippen MR) is 88.6 cm³/mol. The van der Waals surface area contributed by atoms with E-state index in [0.717, 1.165) is 16.8 Å². The van der Waals surface area contributed by atoms with Gasteiger partial charge in [-0.05, 0) is 40.8 Å². The Kier molecular flexibility index (Phi) is 4.09. The largest absolute Gasteiger partial charge is 0.417 e. The smallest absolute Gasteiger partial charge is 0.267 e. The van der Waals surface area contributed by atoms with Gasteiger partial charge in [0, 0.05) is 5.39 Å². The minimum Gasteiger partial charge on any atom is -0.267 e. The molecule has 23 heavy (non-hydrogen) atoms. The molecular formula is C15H7ClF3IN2O. The van der Waals surface area contributed by atoms with Gasteiger partial charge in [0.05, 0.1) is 21.7 Å². The van der Waals surface area contributed by atoms with Gasteiger partial charge in [-0.1, -0.05) is 35.9 Å². The first kappa shape index (κ1) is 16.3. The fourth-order valence-corrected chi connectivity index (χ4v) is 3.19. The number of aromatic nitrogens is 2. The number of carbonyl (C=O) groups excluding carboxylic acids is 1. The maximum atomic E-state index is 13.2. The van der Waals surface area contributed by atoms with Gasteiger partial charge in [0.15, 0.2) is 0 Å². The molecule has 0 N–H and O–H groups in total. The molecule has 0 spiro atoms. The summed E-state index contributed by atoms with van der Waals surface area (Å²) >= 11 is 7.80. The molecule has 8 heteroatoms. The van der Waals surface area contributed by atoms with Gasteiger partial charge < -0.3 is 0 Å². The second-order valence-electron chi connectivity index (χ2n) is 4.69. The van der Waals surface area contributed by atoms with Crippen LogP contribution in [0, 0.1) is 3.70 Å². The van der Waals surface area contributed by atoms with Crippen LogP contribution in [0.1, 0.15) is 15.9 Å². The van der Waals surface area contributed by atoms with Crippen molar-refractivity contribution < 1.29 is 18.0 Å². The average molecular weight is 451 g/mol. The Labute approximate surface area is 147 Å². The average Bonchev–Trinajstić information content (AvgIpc) is 2.83. The standard InChI is InChI=1S/C15H7ClF3IN2O/c16-10-6-3-5-9(15(17,18)19)12(10)14(23)22-11-7-2-1-4-8(11)13(20)21-22/h1-7H. The molecule has 0 aliphatic rings. The molecule has 0 aliphatic carbocycles. The topological polar surface area (TPSA) is 34.9 Å². The molecule has 2 aromatic carbocycles. The summed E-state index contributed by atoms with van der Waals surface area (Å²) < 4.78 is 41.0. The van der Waals surface area contributed by atoms with E-state index in [1.165, 1.54) is 6.07 Å². The molecule has 3 nitrogen and oxygen atoms in total. The molecule has 0 radical (unpaired) electrons. The quantitative estimate of drug-likeness (QED) is 0.489. The van der Waals surface area contributed by atoms with Crippen LogP contribution in [-0.4, -0.2) is 15.7 Å². The molecule has 0 aliphatic heterocycles. The first-order valence-electron chi connectivity index (χ1n) is 6.34. The monoisotopic (exact) mass is 450 g/mol. The van der Waals surface area contributed by atoms with E-state index in [1.54, 1.807) is 24.3 Å². The lowest BCUT2D eigenvalue weighted by molar-refractivity contribution is -0.137. The minimum absolute atomic E-state index is 0.264. The fraction of sp³-hybridized carbons (Fsp3) is 0.0667. The van der Waals surface area contributed by atoms with Crippen LogP contribution in [0.3, 0.4) is 0 Å². The Hall–Kier alpha value is -1.61. The van der Waals surface area contributed by atoms with Crippen molar-refractivity contribution in [1.29, 1.82) is 0 Å². The Bertz CT molecular complexity index is 921. The number of rotatable bonds is 1. The number of hydrogen-bond acceptors (Lipinski definition) is 2. The van der Waals surface area contributed by atoms with Crippen LogP contribution in [0.4, 0.5) is 13.2 Å². The molecule has 0 bridgehead atoms. The number of para-hydroxylation sites is 1. The van der Waals surface area contributed by atoms with Crippen molar-refractivity contribution in [2.24, 2.45) is 0 Å². The molecule has 0 fully saturated rings. The first-order chi connectivity index (χ1) is 10.8. The molecular weight excluding hydrogens is 444 g/mol. The first-order valence-corrected chi connectivity index (χ1v) is 7.80. The highest BCUT2D eigenvalue weighted by Gasteiger charge is 2.37. The van der Waals surface area contributed by atoms with E-state index >= 15 is 0 Å². The van der Waals surface area contributed by atoms with Gasteiger partial charge >= 0.3 is 6.18 Å². The van der Waals surface area contributed by atoms with Crippen LogP contribution >= 0.6 is 34.2 Å². The molecule has 1 heterocycles. The molecule has 3 aromatic rings. The molecule has 3 rings (SSSR count). The number of fused-ring (bicyclic) bond motifs is 1. The lowest BCUT2D eigenvalue weighted by Gasteiger charge is -2.13. The third-order valence-electron chi connectivity index (χ3n) is 3.27. The van der Waals surface area contributed by atoms with Crippen LogP contribution in [0.2, 0.25) is 5.02 Å². The number of carbonyl (C=O) groups is 1. The number of alkyl halides is 3. The third kappa shape index (κ3) is 2.83. The molecule has 0 saturated carbocycles. The van der Waals surface area contributed by atoms with E-state index in [4.69, 9.17) is 11.6 Å². The highest BCUT2D eigenvalue weighted by molar-refractivity contribution is 14.1. The summed E-state index contributed by atoms with van der Waals surface area (Å²) in [6.45, 7) is 0. The van der Waals surface area contributed by atoms with Crippen LogP contribution in [0.25, 0.3) is 10.9 Å². The highest BCUT2D eigenvalue weighted by atomic mass is 127. The normalized spacial score (nSPS) is 11.9. The second-order valence-corrected chi connectivity index (χ2v) is 6.11. The number of nitrogens with zero attached hydrogens (tertiary/aromatic N) is 2. The molecule has 0 atom stereocenters. The van der Waals surface area contributed by atoms with E-state index in [-0.39, 0.29) is 5.02 Å². The van der Waals surface area contributed by atoms with Gasteiger partial charge in [0.25, 0.3) is 5.91 Å². The zero-order chi connectivity index (χ0) is 16.8. The van der Waals surface area contributed by atoms with E-state index in [2.05, 4.69) is 5.10 Å². The fourth-order valence-electron chi connectivity index (χ4n) is 2.27. The zero-order valence-corrected chi connectivity index (χ0v) is 14.1. The van der Waals surface area contributed by atoms with Crippen molar-refractivity contribution in [3.05, 3.63) is 62.3 Å². The summed E-state index contributed by atoms with van der Waals surface area (Å²) in [7, 11) is 0. The van der Waals surface area contributed by atoms with Crippen LogP contribution in [0.15, 0.2) is 42.5 Å². The number of hydrogen-bond donors (Lipinski definition) is 0. The summed E-state index contributed by atoms with van der Waals surface area (Å²) in [6, 6.07) is 10.0. The molecule has 0 amide bonds. The number of benzene rings is 2. The molecule has 1 aromatic heterocycles. The Balaban J connectivity index is 2.25. The summed E-state index contributed by atoms with van der Waals surface area (Å²) in [5.41, 5.74) is -1.26. The van der Waals surface area contributed by atoms with Crippen LogP contribution in [-0.2, 0) is 6.18 Å². The van der Waals surface area contributed by atoms with E-state index in [1.807, 2.05) is 22.6 Å². The van der Waals surface area contributed by atoms with E-state index in [0.29, 0.717) is 14.6 Å². The van der Waals surface area contributed by atoms with Gasteiger partial charge in [0.1, 0.15) is 3.70 Å². The SMILES string of the molecule is O=C(c1c(Cl)cccc1C(F)(F)F)n1nc(I)c2ccccc21. The minimum atomic E-state index is -4.69. The maximum absolute atomic E-state index is 13.2. The van der Waals surface area contributed by atoms with Crippen molar-refractivity contribution in [3.63, 3.8) is 0 Å². The zero-order valence-electron chi connectivity index (χ0n) is 11.2. The van der Waals surface area contributed by atoms with Crippen molar-refractivity contribution in [2.75, 3.05) is 0 Å². The van der Waals surface area contributed by atoms with Crippen LogP contribution < -0.4 is 0 Å². The number of halogens is 5. The van der Waals surface area contributed by atoms with Crippen molar-refractivity contribution in [1.82, 2.24) is 9.78 Å². The second kappa shape index (κ2) is 5.79. The van der Waals surface area contributed by atoms with E-state index in [9.17, 15) is 18.0 Å². The summed E-state index contributed by atoms with van der Waals surface area (Å²) in [6.07, 6.45) is -4.69. The third-order valence-corrected chi connectivity index (χ3v) is 4.38. The lowest BCUT2D eigenvalue weighted by Crippen LogP contribution is -2.20. The van der Waals surface area contributed by atoms with Crippen molar-refractivity contribution >= 4 is 51.0 Å². The van der Waals surface area contributed by atoms with Gasteiger partial charge in [-0.25, -0.2) is 0 Å². The Morgan fingerprint density at radius 3 is 2.52 bits per heavy atom. The summed E-state index contributed by atoms with van der Waals surface area (Å²) in [4.78, 5) is 12.7. The van der Waals surface area contributed by atoms with Gasteiger partial charge in [-0.15, -0.1) is 0 Å². The van der Waals surface area contributed by atoms with Crippen molar-refractivity contribution in [2.45, 2.75) is 6.18 Å². The van der Waals surface area contributed by atoms with Crippen LogP contribution in [0.5, 0.6) is 0 Å². The lowest BCUT2D eigenvalue weighted by atomic mass is 10.1. The summed E-state index contributed by atoms with van der Waals surface area (Å²) in [5.74, 6) is -0.915.